The van der Waals surface area contributed by atoms with Crippen molar-refractivity contribution in [2.45, 2.75) is 32.1 Å². The van der Waals surface area contributed by atoms with Gasteiger partial charge in [-0.15, -0.1) is 0 Å². The number of aromatic nitrogens is 2. The van der Waals surface area contributed by atoms with E-state index >= 15 is 0 Å². The summed E-state index contributed by atoms with van der Waals surface area (Å²) in [6.07, 6.45) is 7.48. The minimum atomic E-state index is 0.0712. The molecule has 3 aliphatic rings. The van der Waals surface area contributed by atoms with Crippen molar-refractivity contribution in [3.63, 3.8) is 0 Å². The van der Waals surface area contributed by atoms with E-state index in [1.54, 1.807) is 13.2 Å². The van der Waals surface area contributed by atoms with E-state index in [1.165, 1.54) is 32.0 Å². The van der Waals surface area contributed by atoms with Crippen LogP contribution in [0.3, 0.4) is 0 Å². The monoisotopic (exact) mass is 608 g/mol. The van der Waals surface area contributed by atoms with Crippen molar-refractivity contribution in [2.24, 2.45) is 5.92 Å². The second-order valence-electron chi connectivity index (χ2n) is 10.8. The Kier molecular flexibility index (Phi) is 9.85. The highest BCUT2D eigenvalue weighted by Gasteiger charge is 2.26. The number of methoxy groups -OCH3 is 1. The van der Waals surface area contributed by atoms with E-state index in [1.807, 2.05) is 12.1 Å². The number of halogens is 1. The zero-order valence-corrected chi connectivity index (χ0v) is 25.2. The van der Waals surface area contributed by atoms with E-state index in [-0.39, 0.29) is 6.79 Å². The van der Waals surface area contributed by atoms with Gasteiger partial charge in [0.25, 0.3) is 0 Å². The molecule has 10 nitrogen and oxygen atoms in total. The lowest BCUT2D eigenvalue weighted by Gasteiger charge is -2.26. The molecule has 1 aliphatic carbocycles. The summed E-state index contributed by atoms with van der Waals surface area (Å²) in [7, 11) is 1.62. The van der Waals surface area contributed by atoms with Gasteiger partial charge in [-0.3, -0.25) is 4.90 Å². The summed E-state index contributed by atoms with van der Waals surface area (Å²) in [5, 5.41) is 4.51. The van der Waals surface area contributed by atoms with Gasteiger partial charge in [0.05, 0.1) is 49.6 Å². The largest absolute Gasteiger partial charge is 0.493 e. The molecule has 2 fully saturated rings. The number of hydrogen-bond acceptors (Lipinski definition) is 10. The molecule has 0 radical (unpaired) electrons. The average molecular weight is 609 g/mol. The number of rotatable bonds is 11. The zero-order valence-electron chi connectivity index (χ0n) is 24.5. The molecular formula is C32H37ClN4O6. The van der Waals surface area contributed by atoms with Crippen molar-refractivity contribution in [2.75, 3.05) is 71.9 Å². The number of hydrogen-bond donors (Lipinski definition) is 1. The maximum Gasteiger partial charge on any atom is 0.231 e. The molecule has 1 saturated heterocycles. The summed E-state index contributed by atoms with van der Waals surface area (Å²) < 4.78 is 34.6. The van der Waals surface area contributed by atoms with Gasteiger partial charge >= 0.3 is 0 Å². The second kappa shape index (κ2) is 14.3. The molecule has 0 spiro atoms. The molecule has 1 aromatic heterocycles. The Morgan fingerprint density at radius 3 is 2.74 bits per heavy atom. The summed E-state index contributed by atoms with van der Waals surface area (Å²) in [5.41, 5.74) is 1.89. The van der Waals surface area contributed by atoms with Gasteiger partial charge in [0.15, 0.2) is 23.0 Å². The number of benzene rings is 2. The van der Waals surface area contributed by atoms with Crippen LogP contribution in [0.1, 0.15) is 37.7 Å². The van der Waals surface area contributed by atoms with E-state index in [9.17, 15) is 0 Å². The van der Waals surface area contributed by atoms with Crippen molar-refractivity contribution < 1.29 is 28.4 Å². The van der Waals surface area contributed by atoms with Crippen molar-refractivity contribution in [3.05, 3.63) is 35.1 Å². The van der Waals surface area contributed by atoms with E-state index in [2.05, 4.69) is 32.0 Å². The molecule has 1 N–H and O–H groups in total. The normalized spacial score (nSPS) is 16.7. The quantitative estimate of drug-likeness (QED) is 0.224. The first-order valence-electron chi connectivity index (χ1n) is 14.9. The highest BCUT2D eigenvalue weighted by atomic mass is 35.5. The Balaban J connectivity index is 1.16. The number of nitrogens with one attached hydrogen (secondary N) is 1. The van der Waals surface area contributed by atoms with E-state index in [0.717, 1.165) is 51.3 Å². The van der Waals surface area contributed by atoms with Gasteiger partial charge < -0.3 is 33.7 Å². The first-order chi connectivity index (χ1) is 21.2. The van der Waals surface area contributed by atoms with Gasteiger partial charge in [-0.25, -0.2) is 9.97 Å². The van der Waals surface area contributed by atoms with Crippen LogP contribution in [0.25, 0.3) is 10.9 Å². The standard InChI is InChI=1S/C32H37ClN4O6/c1-38-27-17-24-26(18-28(27)41-13-5-9-37-10-14-39-15-11-37)34-20-35-32(24)36-29-25(33)16-23(30-31(29)43-21-42-30)8-4-12-40-19-22-6-2-3-7-22/h16-18,20,22H,2-3,5-7,9-15,19,21H2,1H3,(H,34,35,36). The van der Waals surface area contributed by atoms with Gasteiger partial charge in [0.1, 0.15) is 24.4 Å². The number of fused-ring (bicyclic) bond motifs is 2. The fraction of sp³-hybridized carbons (Fsp3) is 0.500. The summed E-state index contributed by atoms with van der Waals surface area (Å²) >= 11 is 6.76. The molecule has 2 aromatic carbocycles. The lowest BCUT2D eigenvalue weighted by Crippen LogP contribution is -2.37. The van der Waals surface area contributed by atoms with Crippen molar-refractivity contribution >= 4 is 34.0 Å². The van der Waals surface area contributed by atoms with Gasteiger partial charge in [-0.1, -0.05) is 36.3 Å². The number of ether oxygens (including phenoxy) is 6. The highest BCUT2D eigenvalue weighted by molar-refractivity contribution is 6.34. The third-order valence-corrected chi connectivity index (χ3v) is 8.26. The van der Waals surface area contributed by atoms with Crippen LogP contribution in [0.5, 0.6) is 23.0 Å². The molecule has 43 heavy (non-hydrogen) atoms. The van der Waals surface area contributed by atoms with Crippen LogP contribution in [0.2, 0.25) is 5.02 Å². The summed E-state index contributed by atoms with van der Waals surface area (Å²) in [4.78, 5) is 11.4. The molecule has 0 unspecified atom stereocenters. The van der Waals surface area contributed by atoms with E-state index in [4.69, 9.17) is 40.0 Å². The summed E-state index contributed by atoms with van der Waals surface area (Å²) in [5.74, 6) is 9.68. The smallest absolute Gasteiger partial charge is 0.231 e. The minimum absolute atomic E-state index is 0.0712. The topological polar surface area (TPSA) is 96.4 Å². The van der Waals surface area contributed by atoms with E-state index in [0.29, 0.717) is 69.7 Å². The third-order valence-electron chi connectivity index (χ3n) is 7.96. The maximum atomic E-state index is 6.76. The number of anilines is 2. The number of nitrogens with zero attached hydrogens (tertiary/aromatic N) is 3. The molecule has 0 bridgehead atoms. The van der Waals surface area contributed by atoms with Gasteiger partial charge in [-0.05, 0) is 37.3 Å². The Hall–Kier alpha value is -3.49. The molecule has 228 valence electrons. The van der Waals surface area contributed by atoms with Crippen molar-refractivity contribution in [1.29, 1.82) is 0 Å². The first-order valence-corrected chi connectivity index (χ1v) is 15.3. The van der Waals surface area contributed by atoms with Gasteiger partial charge in [-0.2, -0.15) is 0 Å². The van der Waals surface area contributed by atoms with Crippen LogP contribution in [-0.4, -0.2) is 81.4 Å². The minimum Gasteiger partial charge on any atom is -0.493 e. The molecule has 3 aromatic rings. The molecule has 2 aliphatic heterocycles. The average Bonchev–Trinajstić information content (AvgIpc) is 3.74. The van der Waals surface area contributed by atoms with Crippen LogP contribution in [-0.2, 0) is 9.47 Å². The zero-order chi connectivity index (χ0) is 29.4. The Morgan fingerprint density at radius 1 is 1.07 bits per heavy atom. The highest BCUT2D eigenvalue weighted by Crippen LogP contribution is 2.47. The van der Waals surface area contributed by atoms with Crippen molar-refractivity contribution in [3.8, 4) is 34.8 Å². The van der Waals surface area contributed by atoms with Crippen LogP contribution in [0.15, 0.2) is 24.5 Å². The van der Waals surface area contributed by atoms with E-state index < -0.39 is 0 Å². The predicted octanol–water partition coefficient (Wildman–Crippen LogP) is 5.42. The maximum absolute atomic E-state index is 6.76. The van der Waals surface area contributed by atoms with Gasteiger partial charge in [0, 0.05) is 31.1 Å². The number of morpholine rings is 1. The lowest BCUT2D eigenvalue weighted by molar-refractivity contribution is 0.0357. The van der Waals surface area contributed by atoms with Crippen LogP contribution < -0.4 is 24.3 Å². The summed E-state index contributed by atoms with van der Waals surface area (Å²) in [6.45, 7) is 6.22. The summed E-state index contributed by atoms with van der Waals surface area (Å²) in [6, 6.07) is 5.51. The lowest BCUT2D eigenvalue weighted by atomic mass is 10.1. The molecule has 0 amide bonds. The fourth-order valence-corrected chi connectivity index (χ4v) is 5.92. The molecule has 3 heterocycles. The molecule has 1 saturated carbocycles. The van der Waals surface area contributed by atoms with Crippen molar-refractivity contribution in [1.82, 2.24) is 14.9 Å². The molecule has 0 atom stereocenters. The van der Waals surface area contributed by atoms with Crippen LogP contribution in [0, 0.1) is 17.8 Å². The molecule has 11 heteroatoms. The van der Waals surface area contributed by atoms with Gasteiger partial charge in [0.2, 0.25) is 6.79 Å². The third kappa shape index (κ3) is 7.19. The SMILES string of the molecule is COc1cc2c(Nc3c(Cl)cc(C#CCOCC4CCCC4)c4c3OCO4)ncnc2cc1OCCCN1CCOCC1. The Bertz CT molecular complexity index is 1480. The Labute approximate surface area is 256 Å². The van der Waals surface area contributed by atoms with Crippen LogP contribution >= 0.6 is 11.6 Å². The molecule has 6 rings (SSSR count). The first kappa shape index (κ1) is 29.6. The fourth-order valence-electron chi connectivity index (χ4n) is 5.68. The second-order valence-corrected chi connectivity index (χ2v) is 11.2. The Morgan fingerprint density at radius 2 is 1.91 bits per heavy atom. The molecular weight excluding hydrogens is 572 g/mol. The van der Waals surface area contributed by atoms with Crippen LogP contribution in [0.4, 0.5) is 11.5 Å². The predicted molar refractivity (Wildman–Crippen MR) is 164 cm³/mol.